The Morgan fingerprint density at radius 2 is 1.78 bits per heavy atom. The number of rotatable bonds is 5. The van der Waals surface area contributed by atoms with Gasteiger partial charge in [0.2, 0.25) is 0 Å². The summed E-state index contributed by atoms with van der Waals surface area (Å²) in [5, 5.41) is 10.9. The highest BCUT2D eigenvalue weighted by molar-refractivity contribution is 5.02. The van der Waals surface area contributed by atoms with Gasteiger partial charge in [0.25, 0.3) is 0 Å². The molecule has 2 heteroatoms. The average Bonchev–Trinajstić information content (AvgIpc) is 3.12. The van der Waals surface area contributed by atoms with Gasteiger partial charge >= 0.3 is 0 Å². The monoisotopic (exact) mass is 253 g/mol. The van der Waals surface area contributed by atoms with E-state index in [2.05, 4.69) is 13.8 Å². The quantitative estimate of drug-likeness (QED) is 0.789. The molecule has 0 heterocycles. The van der Waals surface area contributed by atoms with E-state index in [0.29, 0.717) is 6.54 Å². The summed E-state index contributed by atoms with van der Waals surface area (Å²) in [7, 11) is 0. The van der Waals surface area contributed by atoms with Crippen LogP contribution in [0.1, 0.15) is 65.7 Å². The predicted octanol–water partition coefficient (Wildman–Crippen LogP) is 3.33. The lowest BCUT2D eigenvalue weighted by Gasteiger charge is -2.50. The fraction of sp³-hybridized carbons (Fsp3) is 1.00. The molecule has 0 amide bonds. The second kappa shape index (κ2) is 5.13. The van der Waals surface area contributed by atoms with Crippen LogP contribution in [0.3, 0.4) is 0 Å². The minimum absolute atomic E-state index is 0.0129. The summed E-state index contributed by atoms with van der Waals surface area (Å²) in [4.78, 5) is 0. The van der Waals surface area contributed by atoms with Gasteiger partial charge in [0, 0.05) is 12.0 Å². The Bertz CT molecular complexity index is 273. The summed E-state index contributed by atoms with van der Waals surface area (Å²) >= 11 is 0. The third kappa shape index (κ3) is 2.75. The van der Waals surface area contributed by atoms with Gasteiger partial charge in [-0.05, 0) is 56.8 Å². The van der Waals surface area contributed by atoms with Crippen LogP contribution in [0.4, 0.5) is 0 Å². The van der Waals surface area contributed by atoms with Gasteiger partial charge in [-0.25, -0.2) is 0 Å². The molecule has 1 atom stereocenters. The molecular weight excluding hydrogens is 222 g/mol. The lowest BCUT2D eigenvalue weighted by Crippen LogP contribution is -2.53. The highest BCUT2D eigenvalue weighted by Crippen LogP contribution is 2.51. The molecule has 0 radical (unpaired) electrons. The van der Waals surface area contributed by atoms with Gasteiger partial charge in [0.1, 0.15) is 0 Å². The third-order valence-electron chi connectivity index (χ3n) is 5.85. The van der Waals surface area contributed by atoms with Crippen LogP contribution in [0.5, 0.6) is 0 Å². The molecular formula is C16H31NO. The van der Waals surface area contributed by atoms with Crippen LogP contribution < -0.4 is 5.73 Å². The maximum absolute atomic E-state index is 10.9. The number of nitrogens with two attached hydrogens (primary N) is 1. The minimum atomic E-state index is -0.551. The second-order valence-corrected chi connectivity index (χ2v) is 7.49. The Morgan fingerprint density at radius 3 is 2.17 bits per heavy atom. The van der Waals surface area contributed by atoms with Crippen LogP contribution >= 0.6 is 0 Å². The van der Waals surface area contributed by atoms with Gasteiger partial charge in [-0.2, -0.15) is 0 Å². The van der Waals surface area contributed by atoms with Crippen LogP contribution in [0.25, 0.3) is 0 Å². The first-order chi connectivity index (χ1) is 8.40. The number of aliphatic hydroxyl groups is 1. The van der Waals surface area contributed by atoms with Crippen LogP contribution in [0.2, 0.25) is 0 Å². The lowest BCUT2D eigenvalue weighted by atomic mass is 9.59. The highest BCUT2D eigenvalue weighted by atomic mass is 16.3. The van der Waals surface area contributed by atoms with Crippen molar-refractivity contribution < 1.29 is 5.11 Å². The van der Waals surface area contributed by atoms with Crippen molar-refractivity contribution in [1.29, 1.82) is 0 Å². The molecule has 2 nitrogen and oxygen atoms in total. The van der Waals surface area contributed by atoms with Crippen LogP contribution in [-0.2, 0) is 0 Å². The molecule has 0 aromatic carbocycles. The Morgan fingerprint density at radius 1 is 1.22 bits per heavy atom. The second-order valence-electron chi connectivity index (χ2n) is 7.49. The van der Waals surface area contributed by atoms with Gasteiger partial charge in [-0.3, -0.25) is 0 Å². The van der Waals surface area contributed by atoms with Crippen LogP contribution in [0.15, 0.2) is 0 Å². The molecule has 2 aliphatic rings. The zero-order valence-electron chi connectivity index (χ0n) is 12.4. The number of hydrogen-bond acceptors (Lipinski definition) is 2. The lowest BCUT2D eigenvalue weighted by molar-refractivity contribution is -0.102. The molecule has 0 bridgehead atoms. The van der Waals surface area contributed by atoms with E-state index in [-0.39, 0.29) is 5.41 Å². The predicted molar refractivity (Wildman–Crippen MR) is 76.2 cm³/mol. The summed E-state index contributed by atoms with van der Waals surface area (Å²) in [5.41, 5.74) is 5.52. The molecule has 3 N–H and O–H groups in total. The Kier molecular flexibility index (Phi) is 4.08. The average molecular weight is 253 g/mol. The SMILES string of the molecule is CC(C)C1CCC(CN)(C(C)(O)CC2CC2)CC1. The molecule has 18 heavy (non-hydrogen) atoms. The van der Waals surface area contributed by atoms with Crippen molar-refractivity contribution in [2.75, 3.05) is 6.54 Å². The van der Waals surface area contributed by atoms with Crippen molar-refractivity contribution in [2.24, 2.45) is 28.9 Å². The summed E-state index contributed by atoms with van der Waals surface area (Å²) in [5.74, 6) is 2.38. The van der Waals surface area contributed by atoms with Crippen LogP contribution in [0, 0.1) is 23.2 Å². The van der Waals surface area contributed by atoms with Crippen molar-refractivity contribution in [3.63, 3.8) is 0 Å². The fourth-order valence-corrected chi connectivity index (χ4v) is 3.92. The highest BCUT2D eigenvalue weighted by Gasteiger charge is 2.49. The van der Waals surface area contributed by atoms with Gasteiger partial charge < -0.3 is 10.8 Å². The van der Waals surface area contributed by atoms with Crippen molar-refractivity contribution >= 4 is 0 Å². The van der Waals surface area contributed by atoms with Gasteiger partial charge in [-0.1, -0.05) is 26.7 Å². The van der Waals surface area contributed by atoms with E-state index < -0.39 is 5.60 Å². The molecule has 2 aliphatic carbocycles. The molecule has 0 aromatic rings. The van der Waals surface area contributed by atoms with Crippen molar-refractivity contribution in [1.82, 2.24) is 0 Å². The van der Waals surface area contributed by atoms with Crippen molar-refractivity contribution in [2.45, 2.75) is 71.3 Å². The molecule has 0 aliphatic heterocycles. The Balaban J connectivity index is 2.02. The molecule has 106 valence electrons. The van der Waals surface area contributed by atoms with Gasteiger partial charge in [0.15, 0.2) is 0 Å². The molecule has 2 rings (SSSR count). The molecule has 0 saturated heterocycles. The maximum atomic E-state index is 10.9. The van der Waals surface area contributed by atoms with E-state index in [1.807, 2.05) is 6.92 Å². The first-order valence-electron chi connectivity index (χ1n) is 7.83. The topological polar surface area (TPSA) is 46.2 Å². The Hall–Kier alpha value is -0.0800. The molecule has 0 spiro atoms. The van der Waals surface area contributed by atoms with E-state index in [9.17, 15) is 5.11 Å². The first kappa shape index (κ1) is 14.3. The van der Waals surface area contributed by atoms with E-state index in [1.54, 1.807) is 0 Å². The first-order valence-corrected chi connectivity index (χ1v) is 7.83. The van der Waals surface area contributed by atoms with E-state index in [1.165, 1.54) is 25.7 Å². The van der Waals surface area contributed by atoms with E-state index in [0.717, 1.165) is 37.0 Å². The Labute approximate surface area is 112 Å². The van der Waals surface area contributed by atoms with Crippen molar-refractivity contribution in [3.8, 4) is 0 Å². The van der Waals surface area contributed by atoms with E-state index >= 15 is 0 Å². The number of hydrogen-bond donors (Lipinski definition) is 2. The molecule has 2 saturated carbocycles. The summed E-state index contributed by atoms with van der Waals surface area (Å²) in [6, 6.07) is 0. The zero-order valence-corrected chi connectivity index (χ0v) is 12.4. The fourth-order valence-electron chi connectivity index (χ4n) is 3.92. The molecule has 1 unspecified atom stereocenters. The van der Waals surface area contributed by atoms with Crippen molar-refractivity contribution in [3.05, 3.63) is 0 Å². The largest absolute Gasteiger partial charge is 0.390 e. The molecule has 2 fully saturated rings. The summed E-state index contributed by atoms with van der Waals surface area (Å²) in [6.07, 6.45) is 8.32. The van der Waals surface area contributed by atoms with Crippen LogP contribution in [-0.4, -0.2) is 17.3 Å². The summed E-state index contributed by atoms with van der Waals surface area (Å²) in [6.45, 7) is 7.34. The normalized spacial score (nSPS) is 36.7. The smallest absolute Gasteiger partial charge is 0.0690 e. The standard InChI is InChI=1S/C16H31NO/c1-12(2)14-6-8-16(11-17,9-7-14)15(3,18)10-13-4-5-13/h12-14,18H,4-11,17H2,1-3H3. The maximum Gasteiger partial charge on any atom is 0.0690 e. The van der Waals surface area contributed by atoms with Gasteiger partial charge in [-0.15, -0.1) is 0 Å². The molecule has 0 aromatic heterocycles. The summed E-state index contributed by atoms with van der Waals surface area (Å²) < 4.78 is 0. The third-order valence-corrected chi connectivity index (χ3v) is 5.85. The zero-order chi connectivity index (χ0) is 13.4. The van der Waals surface area contributed by atoms with Gasteiger partial charge in [0.05, 0.1) is 5.60 Å². The minimum Gasteiger partial charge on any atom is -0.390 e. The van der Waals surface area contributed by atoms with E-state index in [4.69, 9.17) is 5.73 Å².